The summed E-state index contributed by atoms with van der Waals surface area (Å²) in [6.45, 7) is 0.746. The monoisotopic (exact) mass is 324 g/mol. The average molecular weight is 325 g/mol. The fourth-order valence-corrected chi connectivity index (χ4v) is 2.91. The molecule has 2 N–H and O–H groups in total. The van der Waals surface area contributed by atoms with Gasteiger partial charge in [-0.05, 0) is 51.1 Å². The molecule has 0 saturated carbocycles. The van der Waals surface area contributed by atoms with Gasteiger partial charge in [-0.2, -0.15) is 0 Å². The lowest BCUT2D eigenvalue weighted by atomic mass is 10.2. The summed E-state index contributed by atoms with van der Waals surface area (Å²) in [6.07, 6.45) is 0. The second kappa shape index (κ2) is 4.62. The third-order valence-corrected chi connectivity index (χ3v) is 4.09. The van der Waals surface area contributed by atoms with Crippen LogP contribution < -0.4 is 11.1 Å². The maximum absolute atomic E-state index is 11.0. The van der Waals surface area contributed by atoms with Crippen molar-refractivity contribution in [3.05, 3.63) is 49.5 Å². The Morgan fingerprint density at radius 1 is 1.39 bits per heavy atom. The van der Waals surface area contributed by atoms with Gasteiger partial charge in [-0.15, -0.1) is 11.3 Å². The minimum absolute atomic E-state index is 0.427. The van der Waals surface area contributed by atoms with E-state index < -0.39 is 5.76 Å². The zero-order chi connectivity index (χ0) is 12.5. The zero-order valence-electron chi connectivity index (χ0n) is 9.20. The molecule has 4 nitrogen and oxygen atoms in total. The van der Waals surface area contributed by atoms with E-state index in [2.05, 4.69) is 37.7 Å². The van der Waals surface area contributed by atoms with Crippen LogP contribution >= 0.6 is 27.3 Å². The Balaban J connectivity index is 1.80. The van der Waals surface area contributed by atoms with E-state index in [-0.39, 0.29) is 0 Å². The van der Waals surface area contributed by atoms with Gasteiger partial charge in [0.2, 0.25) is 0 Å². The smallest absolute Gasteiger partial charge is 0.408 e. The van der Waals surface area contributed by atoms with E-state index in [1.807, 2.05) is 12.1 Å². The highest BCUT2D eigenvalue weighted by Crippen LogP contribution is 2.22. The van der Waals surface area contributed by atoms with Crippen molar-refractivity contribution >= 4 is 44.1 Å². The zero-order valence-corrected chi connectivity index (χ0v) is 11.6. The fraction of sp³-hybridized carbons (Fsp3) is 0.0833. The van der Waals surface area contributed by atoms with E-state index >= 15 is 0 Å². The van der Waals surface area contributed by atoms with Crippen molar-refractivity contribution in [1.82, 2.24) is 4.98 Å². The fourth-order valence-electron chi connectivity index (χ4n) is 1.70. The molecule has 0 bridgehead atoms. The van der Waals surface area contributed by atoms with Gasteiger partial charge in [0, 0.05) is 12.2 Å². The minimum atomic E-state index is -0.427. The molecule has 0 spiro atoms. The van der Waals surface area contributed by atoms with Crippen molar-refractivity contribution in [1.29, 1.82) is 0 Å². The number of aromatic nitrogens is 1. The van der Waals surface area contributed by atoms with Crippen molar-refractivity contribution in [2.75, 3.05) is 5.32 Å². The summed E-state index contributed by atoms with van der Waals surface area (Å²) in [6, 6.07) is 7.61. The van der Waals surface area contributed by atoms with E-state index in [0.29, 0.717) is 11.1 Å². The molecule has 18 heavy (non-hydrogen) atoms. The van der Waals surface area contributed by atoms with Gasteiger partial charge in [-0.3, -0.25) is 4.98 Å². The van der Waals surface area contributed by atoms with Crippen LogP contribution in [0, 0.1) is 0 Å². The summed E-state index contributed by atoms with van der Waals surface area (Å²) in [7, 11) is 0. The quantitative estimate of drug-likeness (QED) is 0.774. The number of oxazole rings is 1. The van der Waals surface area contributed by atoms with Crippen LogP contribution in [-0.4, -0.2) is 4.98 Å². The molecule has 1 aromatic carbocycles. The SMILES string of the molecule is O=c1[nH]c2cc(NCc3csc(Br)c3)ccc2o1. The molecular formula is C12H9BrN2O2S. The lowest BCUT2D eigenvalue weighted by Crippen LogP contribution is -1.97. The third-order valence-electron chi connectivity index (χ3n) is 2.54. The number of hydrogen-bond donors (Lipinski definition) is 2. The van der Waals surface area contributed by atoms with Crippen molar-refractivity contribution in [2.45, 2.75) is 6.54 Å². The van der Waals surface area contributed by atoms with Gasteiger partial charge in [0.05, 0.1) is 9.30 Å². The Labute approximate surface area is 115 Å². The van der Waals surface area contributed by atoms with E-state index in [9.17, 15) is 4.79 Å². The number of thiophene rings is 1. The van der Waals surface area contributed by atoms with Crippen molar-refractivity contribution < 1.29 is 4.42 Å². The standard InChI is InChI=1S/C12H9BrN2O2S/c13-11-3-7(6-18-11)5-14-8-1-2-10-9(4-8)15-12(16)17-10/h1-4,6,14H,5H2,(H,15,16). The lowest BCUT2D eigenvalue weighted by Gasteiger charge is -2.04. The predicted octanol–water partition coefficient (Wildman–Crippen LogP) is 3.56. The van der Waals surface area contributed by atoms with Gasteiger partial charge in [0.15, 0.2) is 5.58 Å². The van der Waals surface area contributed by atoms with Gasteiger partial charge < -0.3 is 9.73 Å². The molecule has 92 valence electrons. The molecule has 0 fully saturated rings. The van der Waals surface area contributed by atoms with Crippen LogP contribution in [0.15, 0.2) is 42.6 Å². The maximum Gasteiger partial charge on any atom is 0.417 e. The first-order valence-electron chi connectivity index (χ1n) is 5.30. The number of H-pyrrole nitrogens is 1. The summed E-state index contributed by atoms with van der Waals surface area (Å²) >= 11 is 5.09. The molecule has 0 aliphatic rings. The highest BCUT2D eigenvalue weighted by Gasteiger charge is 2.02. The second-order valence-electron chi connectivity index (χ2n) is 3.84. The number of rotatable bonds is 3. The number of fused-ring (bicyclic) bond motifs is 1. The first kappa shape index (κ1) is 11.6. The van der Waals surface area contributed by atoms with Crippen LogP contribution in [0.4, 0.5) is 5.69 Å². The lowest BCUT2D eigenvalue weighted by molar-refractivity contribution is 0.555. The Bertz CT molecular complexity index is 744. The Hall–Kier alpha value is -1.53. The van der Waals surface area contributed by atoms with Crippen LogP contribution in [0.5, 0.6) is 0 Å². The normalized spacial score (nSPS) is 10.9. The Morgan fingerprint density at radius 2 is 2.28 bits per heavy atom. The summed E-state index contributed by atoms with van der Waals surface area (Å²) in [5.41, 5.74) is 3.44. The largest absolute Gasteiger partial charge is 0.417 e. The highest BCUT2D eigenvalue weighted by atomic mass is 79.9. The van der Waals surface area contributed by atoms with Gasteiger partial charge in [0.25, 0.3) is 0 Å². The van der Waals surface area contributed by atoms with E-state index in [4.69, 9.17) is 4.42 Å². The first-order valence-corrected chi connectivity index (χ1v) is 6.97. The number of hydrogen-bond acceptors (Lipinski definition) is 4. The van der Waals surface area contributed by atoms with Crippen LogP contribution in [0.25, 0.3) is 11.1 Å². The highest BCUT2D eigenvalue weighted by molar-refractivity contribution is 9.11. The topological polar surface area (TPSA) is 58.0 Å². The number of benzene rings is 1. The number of nitrogens with one attached hydrogen (secondary N) is 2. The molecule has 0 saturated heterocycles. The second-order valence-corrected chi connectivity index (χ2v) is 6.13. The van der Waals surface area contributed by atoms with Gasteiger partial charge in [-0.25, -0.2) is 4.79 Å². The summed E-state index contributed by atoms with van der Waals surface area (Å²) in [4.78, 5) is 13.7. The van der Waals surface area contributed by atoms with Crippen LogP contribution in [0.3, 0.4) is 0 Å². The summed E-state index contributed by atoms with van der Waals surface area (Å²) < 4.78 is 6.06. The minimum Gasteiger partial charge on any atom is -0.408 e. The van der Waals surface area contributed by atoms with E-state index in [1.165, 1.54) is 5.56 Å². The van der Waals surface area contributed by atoms with Crippen LogP contribution in [0.2, 0.25) is 0 Å². The summed E-state index contributed by atoms with van der Waals surface area (Å²) in [5, 5.41) is 5.39. The van der Waals surface area contributed by atoms with Crippen LogP contribution in [0.1, 0.15) is 5.56 Å². The molecule has 2 heterocycles. The van der Waals surface area contributed by atoms with Gasteiger partial charge >= 0.3 is 5.76 Å². The molecule has 2 aromatic heterocycles. The predicted molar refractivity (Wildman–Crippen MR) is 76.2 cm³/mol. The Morgan fingerprint density at radius 3 is 3.06 bits per heavy atom. The van der Waals surface area contributed by atoms with E-state index in [0.717, 1.165) is 16.0 Å². The van der Waals surface area contributed by atoms with Gasteiger partial charge in [-0.1, -0.05) is 0 Å². The molecule has 6 heteroatoms. The van der Waals surface area contributed by atoms with Crippen molar-refractivity contribution in [3.8, 4) is 0 Å². The molecule has 3 aromatic rings. The first-order chi connectivity index (χ1) is 8.70. The molecule has 0 radical (unpaired) electrons. The Kier molecular flexibility index (Phi) is 2.97. The van der Waals surface area contributed by atoms with E-state index in [1.54, 1.807) is 17.4 Å². The molecule has 0 amide bonds. The van der Waals surface area contributed by atoms with Gasteiger partial charge in [0.1, 0.15) is 0 Å². The number of anilines is 1. The molecular weight excluding hydrogens is 316 g/mol. The van der Waals surface area contributed by atoms with Crippen LogP contribution in [-0.2, 0) is 6.54 Å². The molecule has 0 atom stereocenters. The number of halogens is 1. The number of aromatic amines is 1. The molecule has 3 rings (SSSR count). The third kappa shape index (κ3) is 2.34. The molecule has 0 aliphatic carbocycles. The summed E-state index contributed by atoms with van der Waals surface area (Å²) in [5.74, 6) is -0.427. The van der Waals surface area contributed by atoms with Crippen molar-refractivity contribution in [3.63, 3.8) is 0 Å². The molecule has 0 unspecified atom stereocenters. The van der Waals surface area contributed by atoms with Crippen molar-refractivity contribution in [2.24, 2.45) is 0 Å². The average Bonchev–Trinajstić information content (AvgIpc) is 2.90. The molecule has 0 aliphatic heterocycles. The maximum atomic E-state index is 11.0.